The molecule has 4 rings (SSSR count). The molecule has 6 nitrogen and oxygen atoms in total. The van der Waals surface area contributed by atoms with E-state index >= 15 is 0 Å². The standard InChI is InChI=1S/C24H29N3O3/c1-30-22-10-4-3-9-19(22)23(28)25-18-11-12-21(26-13-7-8-14-26)20(17-18)24(29)27-15-5-2-6-16-27/h3-4,9-12,17H,2,5-8,13-16H2,1H3,(H,25,28). The molecular formula is C24H29N3O3. The fourth-order valence-corrected chi connectivity index (χ4v) is 4.32. The number of carbonyl (C=O) groups is 2. The highest BCUT2D eigenvalue weighted by atomic mass is 16.5. The van der Waals surface area contributed by atoms with Crippen molar-refractivity contribution in [3.63, 3.8) is 0 Å². The lowest BCUT2D eigenvalue weighted by molar-refractivity contribution is 0.0724. The molecule has 2 aliphatic heterocycles. The summed E-state index contributed by atoms with van der Waals surface area (Å²) in [5, 5.41) is 2.94. The number of anilines is 2. The van der Waals surface area contributed by atoms with Gasteiger partial charge in [-0.25, -0.2) is 0 Å². The van der Waals surface area contributed by atoms with Gasteiger partial charge in [0.15, 0.2) is 0 Å². The lowest BCUT2D eigenvalue weighted by atomic mass is 10.1. The van der Waals surface area contributed by atoms with E-state index in [9.17, 15) is 9.59 Å². The first kappa shape index (κ1) is 20.3. The largest absolute Gasteiger partial charge is 0.496 e. The smallest absolute Gasteiger partial charge is 0.259 e. The van der Waals surface area contributed by atoms with Crippen molar-refractivity contribution in [1.29, 1.82) is 0 Å². The Labute approximate surface area is 177 Å². The molecule has 2 saturated heterocycles. The molecule has 2 amide bonds. The van der Waals surface area contributed by atoms with Gasteiger partial charge in [-0.05, 0) is 62.4 Å². The van der Waals surface area contributed by atoms with Crippen molar-refractivity contribution < 1.29 is 14.3 Å². The predicted octanol–water partition coefficient (Wildman–Crippen LogP) is 4.17. The van der Waals surface area contributed by atoms with Gasteiger partial charge in [-0.1, -0.05) is 12.1 Å². The van der Waals surface area contributed by atoms with Crippen LogP contribution in [0.4, 0.5) is 11.4 Å². The molecule has 0 aliphatic carbocycles. The second kappa shape index (κ2) is 9.20. The van der Waals surface area contributed by atoms with Crippen molar-refractivity contribution in [3.05, 3.63) is 53.6 Å². The molecule has 0 saturated carbocycles. The zero-order valence-electron chi connectivity index (χ0n) is 17.5. The molecule has 0 unspecified atom stereocenters. The lowest BCUT2D eigenvalue weighted by Crippen LogP contribution is -2.36. The van der Waals surface area contributed by atoms with Crippen molar-refractivity contribution in [2.24, 2.45) is 0 Å². The number of ether oxygens (including phenoxy) is 1. The number of piperidine rings is 1. The Hall–Kier alpha value is -3.02. The van der Waals surface area contributed by atoms with Crippen molar-refractivity contribution in [2.75, 3.05) is 43.5 Å². The van der Waals surface area contributed by atoms with E-state index in [0.29, 0.717) is 22.6 Å². The molecule has 2 aromatic rings. The summed E-state index contributed by atoms with van der Waals surface area (Å²) in [5.74, 6) is 0.330. The highest BCUT2D eigenvalue weighted by molar-refractivity contribution is 6.07. The van der Waals surface area contributed by atoms with Crippen LogP contribution in [-0.4, -0.2) is 50.0 Å². The highest BCUT2D eigenvalue weighted by Crippen LogP contribution is 2.30. The Balaban J connectivity index is 1.62. The van der Waals surface area contributed by atoms with Crippen LogP contribution in [-0.2, 0) is 0 Å². The summed E-state index contributed by atoms with van der Waals surface area (Å²) in [6.07, 6.45) is 5.56. The van der Waals surface area contributed by atoms with E-state index in [2.05, 4.69) is 10.2 Å². The van der Waals surface area contributed by atoms with Crippen LogP contribution in [0.15, 0.2) is 42.5 Å². The van der Waals surface area contributed by atoms with Crippen molar-refractivity contribution in [2.45, 2.75) is 32.1 Å². The summed E-state index contributed by atoms with van der Waals surface area (Å²) in [5.41, 5.74) is 2.73. The van der Waals surface area contributed by atoms with Gasteiger partial charge in [-0.2, -0.15) is 0 Å². The Kier molecular flexibility index (Phi) is 6.21. The zero-order chi connectivity index (χ0) is 20.9. The first-order valence-corrected chi connectivity index (χ1v) is 10.8. The molecule has 0 bridgehead atoms. The number of hydrogen-bond donors (Lipinski definition) is 1. The molecular weight excluding hydrogens is 378 g/mol. The molecule has 0 spiro atoms. The maximum atomic E-state index is 13.4. The second-order valence-electron chi connectivity index (χ2n) is 7.93. The summed E-state index contributed by atoms with van der Waals surface area (Å²) in [7, 11) is 1.55. The average molecular weight is 408 g/mol. The molecule has 0 aromatic heterocycles. The third-order valence-electron chi connectivity index (χ3n) is 5.93. The summed E-state index contributed by atoms with van der Waals surface area (Å²) >= 11 is 0. The third kappa shape index (κ3) is 4.27. The number of nitrogens with one attached hydrogen (secondary N) is 1. The summed E-state index contributed by atoms with van der Waals surface area (Å²) < 4.78 is 5.30. The van der Waals surface area contributed by atoms with E-state index < -0.39 is 0 Å². The minimum atomic E-state index is -0.252. The number of likely N-dealkylation sites (tertiary alicyclic amines) is 1. The zero-order valence-corrected chi connectivity index (χ0v) is 17.5. The number of nitrogens with zero attached hydrogens (tertiary/aromatic N) is 2. The van der Waals surface area contributed by atoms with Crippen molar-refractivity contribution in [3.8, 4) is 5.75 Å². The SMILES string of the molecule is COc1ccccc1C(=O)Nc1ccc(N2CCCC2)c(C(=O)N2CCCCC2)c1. The van der Waals surface area contributed by atoms with Gasteiger partial charge in [-0.3, -0.25) is 9.59 Å². The Morgan fingerprint density at radius 2 is 1.57 bits per heavy atom. The van der Waals surface area contributed by atoms with Crippen molar-refractivity contribution in [1.82, 2.24) is 4.90 Å². The second-order valence-corrected chi connectivity index (χ2v) is 7.93. The fraction of sp³-hybridized carbons (Fsp3) is 0.417. The molecule has 6 heteroatoms. The summed E-state index contributed by atoms with van der Waals surface area (Å²) in [6.45, 7) is 3.53. The van der Waals surface area contributed by atoms with E-state index in [0.717, 1.165) is 57.5 Å². The molecule has 1 N–H and O–H groups in total. The molecule has 0 atom stereocenters. The quantitative estimate of drug-likeness (QED) is 0.808. The maximum absolute atomic E-state index is 13.4. The van der Waals surface area contributed by atoms with Gasteiger partial charge in [0, 0.05) is 37.6 Å². The van der Waals surface area contributed by atoms with Gasteiger partial charge in [0.2, 0.25) is 0 Å². The Morgan fingerprint density at radius 3 is 2.30 bits per heavy atom. The summed E-state index contributed by atoms with van der Waals surface area (Å²) in [4.78, 5) is 30.4. The number of para-hydroxylation sites is 1. The van der Waals surface area contributed by atoms with E-state index in [1.807, 2.05) is 29.2 Å². The van der Waals surface area contributed by atoms with E-state index in [1.165, 1.54) is 6.42 Å². The number of hydrogen-bond acceptors (Lipinski definition) is 4. The molecule has 0 radical (unpaired) electrons. The van der Waals surface area contributed by atoms with Crippen LogP contribution in [0.1, 0.15) is 52.8 Å². The monoisotopic (exact) mass is 407 g/mol. The molecule has 2 fully saturated rings. The minimum Gasteiger partial charge on any atom is -0.496 e. The third-order valence-corrected chi connectivity index (χ3v) is 5.93. The van der Waals surface area contributed by atoms with Gasteiger partial charge >= 0.3 is 0 Å². The van der Waals surface area contributed by atoms with Gasteiger partial charge in [-0.15, -0.1) is 0 Å². The van der Waals surface area contributed by atoms with Crippen LogP contribution < -0.4 is 15.0 Å². The first-order chi connectivity index (χ1) is 14.7. The number of amides is 2. The van der Waals surface area contributed by atoms with Gasteiger partial charge in [0.25, 0.3) is 11.8 Å². The molecule has 30 heavy (non-hydrogen) atoms. The van der Waals surface area contributed by atoms with Crippen LogP contribution in [0, 0.1) is 0 Å². The molecule has 2 aromatic carbocycles. The van der Waals surface area contributed by atoms with Crippen LogP contribution >= 0.6 is 0 Å². The minimum absolute atomic E-state index is 0.0602. The predicted molar refractivity (Wildman–Crippen MR) is 119 cm³/mol. The normalized spacial score (nSPS) is 16.4. The fourth-order valence-electron chi connectivity index (χ4n) is 4.32. The van der Waals surface area contributed by atoms with Gasteiger partial charge in [0.05, 0.1) is 18.2 Å². The van der Waals surface area contributed by atoms with Gasteiger partial charge in [0.1, 0.15) is 5.75 Å². The van der Waals surface area contributed by atoms with Crippen LogP contribution in [0.3, 0.4) is 0 Å². The van der Waals surface area contributed by atoms with Crippen LogP contribution in [0.2, 0.25) is 0 Å². The van der Waals surface area contributed by atoms with E-state index in [-0.39, 0.29) is 11.8 Å². The van der Waals surface area contributed by atoms with E-state index in [4.69, 9.17) is 4.74 Å². The first-order valence-electron chi connectivity index (χ1n) is 10.8. The number of rotatable bonds is 5. The van der Waals surface area contributed by atoms with E-state index in [1.54, 1.807) is 25.3 Å². The molecule has 2 heterocycles. The average Bonchev–Trinajstić information content (AvgIpc) is 3.34. The van der Waals surface area contributed by atoms with Crippen molar-refractivity contribution >= 4 is 23.2 Å². The summed E-state index contributed by atoms with van der Waals surface area (Å²) in [6, 6.07) is 12.8. The molecule has 2 aliphatic rings. The van der Waals surface area contributed by atoms with Crippen LogP contribution in [0.25, 0.3) is 0 Å². The maximum Gasteiger partial charge on any atom is 0.259 e. The van der Waals surface area contributed by atoms with Gasteiger partial charge < -0.3 is 19.9 Å². The number of carbonyl (C=O) groups excluding carboxylic acids is 2. The topological polar surface area (TPSA) is 61.9 Å². The Morgan fingerprint density at radius 1 is 0.867 bits per heavy atom. The number of benzene rings is 2. The highest BCUT2D eigenvalue weighted by Gasteiger charge is 2.25. The molecule has 158 valence electrons. The Bertz CT molecular complexity index is 916. The van der Waals surface area contributed by atoms with Crippen LogP contribution in [0.5, 0.6) is 5.75 Å². The number of methoxy groups -OCH3 is 1. The lowest BCUT2D eigenvalue weighted by Gasteiger charge is -2.29.